The summed E-state index contributed by atoms with van der Waals surface area (Å²) in [6.45, 7) is 3.25. The van der Waals surface area contributed by atoms with E-state index in [0.29, 0.717) is 38.3 Å². The summed E-state index contributed by atoms with van der Waals surface area (Å²) in [6.07, 6.45) is 5.09. The first-order chi connectivity index (χ1) is 10.2. The molecule has 0 unspecified atom stereocenters. The summed E-state index contributed by atoms with van der Waals surface area (Å²) >= 11 is 0. The summed E-state index contributed by atoms with van der Waals surface area (Å²) in [5.74, 6) is 2.35. The van der Waals surface area contributed by atoms with Crippen molar-refractivity contribution < 1.29 is 9.59 Å². The normalized spacial score (nSPS) is 15.3. The Hall–Kier alpha value is -2.32. The number of nitrogens with one attached hydrogen (secondary N) is 1. The molecule has 21 heavy (non-hydrogen) atoms. The number of nitrogens with zero attached hydrogens (tertiary/aromatic N) is 2. The third kappa shape index (κ3) is 4.33. The maximum Gasteiger partial charge on any atom is 0.253 e. The summed E-state index contributed by atoms with van der Waals surface area (Å²) in [5.41, 5.74) is 0.706. The van der Waals surface area contributed by atoms with Crippen LogP contribution in [0.2, 0.25) is 0 Å². The maximum atomic E-state index is 12.3. The predicted molar refractivity (Wildman–Crippen MR) is 80.6 cm³/mol. The Morgan fingerprint density at radius 2 is 1.81 bits per heavy atom. The highest BCUT2D eigenvalue weighted by atomic mass is 16.2. The van der Waals surface area contributed by atoms with Crippen LogP contribution in [0.1, 0.15) is 10.4 Å². The molecule has 1 aromatic rings. The molecule has 1 saturated heterocycles. The molecule has 0 spiro atoms. The predicted octanol–water partition coefficient (Wildman–Crippen LogP) is 0.194. The van der Waals surface area contributed by atoms with Gasteiger partial charge in [0.2, 0.25) is 5.91 Å². The highest BCUT2D eigenvalue weighted by Gasteiger charge is 2.22. The van der Waals surface area contributed by atoms with E-state index in [2.05, 4.69) is 11.2 Å². The Morgan fingerprint density at radius 1 is 1.14 bits per heavy atom. The summed E-state index contributed by atoms with van der Waals surface area (Å²) < 4.78 is 0. The van der Waals surface area contributed by atoms with Crippen LogP contribution >= 0.6 is 0 Å². The van der Waals surface area contributed by atoms with Crippen LogP contribution < -0.4 is 5.32 Å². The number of carbonyl (C=O) groups excluding carboxylic acids is 2. The van der Waals surface area contributed by atoms with Crippen molar-refractivity contribution >= 4 is 11.8 Å². The van der Waals surface area contributed by atoms with E-state index in [-0.39, 0.29) is 18.4 Å². The van der Waals surface area contributed by atoms with Crippen molar-refractivity contribution in [1.29, 1.82) is 0 Å². The van der Waals surface area contributed by atoms with Gasteiger partial charge in [-0.25, -0.2) is 0 Å². The van der Waals surface area contributed by atoms with E-state index in [4.69, 9.17) is 6.42 Å². The number of hydrogen-bond acceptors (Lipinski definition) is 3. The number of hydrogen-bond donors (Lipinski definition) is 1. The van der Waals surface area contributed by atoms with E-state index >= 15 is 0 Å². The Bertz CT molecular complexity index is 528. The lowest BCUT2D eigenvalue weighted by Gasteiger charge is -2.34. The second-order valence-corrected chi connectivity index (χ2v) is 4.92. The summed E-state index contributed by atoms with van der Waals surface area (Å²) in [5, 5.41) is 2.64. The zero-order valence-electron chi connectivity index (χ0n) is 11.9. The van der Waals surface area contributed by atoms with Crippen LogP contribution in [-0.4, -0.2) is 60.9 Å². The van der Waals surface area contributed by atoms with E-state index in [0.717, 1.165) is 0 Å². The molecule has 1 N–H and O–H groups in total. The zero-order valence-corrected chi connectivity index (χ0v) is 11.9. The minimum absolute atomic E-state index is 0.0482. The van der Waals surface area contributed by atoms with Crippen molar-refractivity contribution in [3.8, 4) is 12.3 Å². The topological polar surface area (TPSA) is 52.7 Å². The van der Waals surface area contributed by atoms with Crippen LogP contribution in [0.4, 0.5) is 0 Å². The fraction of sp³-hybridized carbons (Fsp3) is 0.375. The van der Waals surface area contributed by atoms with E-state index in [9.17, 15) is 9.59 Å². The molecule has 1 aliphatic heterocycles. The first-order valence-electron chi connectivity index (χ1n) is 6.97. The third-order valence-electron chi connectivity index (χ3n) is 3.44. The van der Waals surface area contributed by atoms with Crippen molar-refractivity contribution in [3.05, 3.63) is 35.9 Å². The number of piperazine rings is 1. The molecule has 1 aromatic carbocycles. The van der Waals surface area contributed by atoms with Gasteiger partial charge >= 0.3 is 0 Å². The van der Waals surface area contributed by atoms with Crippen molar-refractivity contribution in [3.63, 3.8) is 0 Å². The molecule has 5 heteroatoms. The van der Waals surface area contributed by atoms with Crippen LogP contribution in [0.15, 0.2) is 30.3 Å². The number of terminal acetylenes is 1. The molecule has 0 bridgehead atoms. The molecule has 0 aromatic heterocycles. The molecule has 0 atom stereocenters. The minimum atomic E-state index is -0.0733. The van der Waals surface area contributed by atoms with Gasteiger partial charge in [0.25, 0.3) is 5.91 Å². The second-order valence-electron chi connectivity index (χ2n) is 4.92. The Kier molecular flexibility index (Phi) is 5.35. The summed E-state index contributed by atoms with van der Waals surface area (Å²) in [4.78, 5) is 27.7. The van der Waals surface area contributed by atoms with Crippen molar-refractivity contribution in [2.45, 2.75) is 0 Å². The summed E-state index contributed by atoms with van der Waals surface area (Å²) in [6, 6.07) is 9.26. The molecule has 0 aliphatic carbocycles. The Balaban J connectivity index is 1.80. The van der Waals surface area contributed by atoms with Gasteiger partial charge in [-0.2, -0.15) is 0 Å². The molecule has 2 amide bonds. The van der Waals surface area contributed by atoms with Crippen molar-refractivity contribution in [2.75, 3.05) is 39.3 Å². The van der Waals surface area contributed by atoms with E-state index < -0.39 is 0 Å². The van der Waals surface area contributed by atoms with Crippen LogP contribution in [0.3, 0.4) is 0 Å². The second kappa shape index (κ2) is 7.46. The quantitative estimate of drug-likeness (QED) is 0.804. The van der Waals surface area contributed by atoms with E-state index in [1.165, 1.54) is 0 Å². The molecule has 0 saturated carbocycles. The van der Waals surface area contributed by atoms with Crippen LogP contribution in [-0.2, 0) is 4.79 Å². The lowest BCUT2D eigenvalue weighted by molar-refractivity contribution is -0.122. The molecule has 1 fully saturated rings. The van der Waals surface area contributed by atoms with Gasteiger partial charge in [0.15, 0.2) is 0 Å². The van der Waals surface area contributed by atoms with Crippen molar-refractivity contribution in [2.24, 2.45) is 0 Å². The van der Waals surface area contributed by atoms with Gasteiger partial charge < -0.3 is 10.2 Å². The lowest BCUT2D eigenvalue weighted by atomic mass is 10.2. The Morgan fingerprint density at radius 3 is 2.43 bits per heavy atom. The average molecular weight is 285 g/mol. The van der Waals surface area contributed by atoms with Gasteiger partial charge in [-0.15, -0.1) is 6.42 Å². The zero-order chi connectivity index (χ0) is 15.1. The largest absolute Gasteiger partial charge is 0.344 e. The minimum Gasteiger partial charge on any atom is -0.344 e. The molecular formula is C16H19N3O2. The molecule has 110 valence electrons. The monoisotopic (exact) mass is 285 g/mol. The van der Waals surface area contributed by atoms with Crippen LogP contribution in [0.25, 0.3) is 0 Å². The van der Waals surface area contributed by atoms with Crippen LogP contribution in [0, 0.1) is 12.3 Å². The highest BCUT2D eigenvalue weighted by molar-refractivity contribution is 5.94. The SMILES string of the molecule is C#CCNC(=O)CN1CCN(C(=O)c2ccccc2)CC1. The number of amides is 2. The third-order valence-corrected chi connectivity index (χ3v) is 3.44. The van der Waals surface area contributed by atoms with Gasteiger partial charge in [0.05, 0.1) is 13.1 Å². The van der Waals surface area contributed by atoms with E-state index in [1.54, 1.807) is 0 Å². The van der Waals surface area contributed by atoms with Crippen molar-refractivity contribution in [1.82, 2.24) is 15.1 Å². The molecular weight excluding hydrogens is 266 g/mol. The Labute approximate surface area is 124 Å². The highest BCUT2D eigenvalue weighted by Crippen LogP contribution is 2.08. The first kappa shape index (κ1) is 15.1. The standard InChI is InChI=1S/C16H19N3O2/c1-2-8-17-15(20)13-18-9-11-19(12-10-18)16(21)14-6-4-3-5-7-14/h1,3-7H,8-13H2,(H,17,20). The lowest BCUT2D eigenvalue weighted by Crippen LogP contribution is -2.51. The number of rotatable bonds is 4. The van der Waals surface area contributed by atoms with Gasteiger partial charge in [-0.05, 0) is 12.1 Å². The molecule has 1 aliphatic rings. The van der Waals surface area contributed by atoms with Crippen LogP contribution in [0.5, 0.6) is 0 Å². The van der Waals surface area contributed by atoms with Gasteiger partial charge in [0, 0.05) is 31.7 Å². The van der Waals surface area contributed by atoms with Gasteiger partial charge in [-0.1, -0.05) is 24.1 Å². The molecule has 5 nitrogen and oxygen atoms in total. The average Bonchev–Trinajstić information content (AvgIpc) is 2.54. The van der Waals surface area contributed by atoms with Gasteiger partial charge in [0.1, 0.15) is 0 Å². The van der Waals surface area contributed by atoms with E-state index in [1.807, 2.05) is 40.1 Å². The summed E-state index contributed by atoms with van der Waals surface area (Å²) in [7, 11) is 0. The maximum absolute atomic E-state index is 12.3. The fourth-order valence-corrected chi connectivity index (χ4v) is 2.28. The number of benzene rings is 1. The molecule has 1 heterocycles. The fourth-order valence-electron chi connectivity index (χ4n) is 2.28. The molecule has 0 radical (unpaired) electrons. The number of carbonyl (C=O) groups is 2. The van der Waals surface area contributed by atoms with Gasteiger partial charge in [-0.3, -0.25) is 14.5 Å². The molecule has 2 rings (SSSR count). The smallest absolute Gasteiger partial charge is 0.253 e. The first-order valence-corrected chi connectivity index (χ1v) is 6.97.